The van der Waals surface area contributed by atoms with Crippen LogP contribution in [0.5, 0.6) is 0 Å². The zero-order valence-corrected chi connectivity index (χ0v) is 10.6. The lowest BCUT2D eigenvalue weighted by molar-refractivity contribution is -0.133. The Kier molecular flexibility index (Phi) is 4.54. The van der Waals surface area contributed by atoms with Crippen LogP contribution in [-0.2, 0) is 15.9 Å². The van der Waals surface area contributed by atoms with Gasteiger partial charge in [-0.2, -0.15) is 0 Å². The molecule has 1 saturated heterocycles. The van der Waals surface area contributed by atoms with Gasteiger partial charge in [0.05, 0.1) is 25.9 Å². The van der Waals surface area contributed by atoms with Crippen molar-refractivity contribution in [3.63, 3.8) is 0 Å². The fourth-order valence-corrected chi connectivity index (χ4v) is 1.87. The molecule has 1 aromatic carbocycles. The van der Waals surface area contributed by atoms with Gasteiger partial charge >= 0.3 is 0 Å². The monoisotopic (exact) mass is 235 g/mol. The van der Waals surface area contributed by atoms with Gasteiger partial charge in [0, 0.05) is 0 Å². The summed E-state index contributed by atoms with van der Waals surface area (Å²) >= 11 is 0. The SMILES string of the molecule is CCc1ccc(C(COC2COC2)NC)cc1. The van der Waals surface area contributed by atoms with Crippen LogP contribution >= 0.6 is 0 Å². The van der Waals surface area contributed by atoms with Crippen LogP contribution in [0.1, 0.15) is 24.1 Å². The molecular formula is C14H21NO2. The van der Waals surface area contributed by atoms with E-state index in [1.54, 1.807) is 0 Å². The van der Waals surface area contributed by atoms with Crippen LogP contribution in [0.15, 0.2) is 24.3 Å². The molecule has 0 spiro atoms. The molecule has 1 heterocycles. The first-order valence-corrected chi connectivity index (χ1v) is 6.29. The van der Waals surface area contributed by atoms with Gasteiger partial charge < -0.3 is 14.8 Å². The minimum Gasteiger partial charge on any atom is -0.376 e. The Bertz CT molecular complexity index is 333. The van der Waals surface area contributed by atoms with Gasteiger partial charge in [-0.3, -0.25) is 0 Å². The molecule has 17 heavy (non-hydrogen) atoms. The third-order valence-electron chi connectivity index (χ3n) is 3.24. The smallest absolute Gasteiger partial charge is 0.104 e. The molecule has 3 nitrogen and oxygen atoms in total. The minimum atomic E-state index is 0.265. The maximum Gasteiger partial charge on any atom is 0.104 e. The number of rotatable bonds is 6. The van der Waals surface area contributed by atoms with Crippen LogP contribution in [0.2, 0.25) is 0 Å². The molecule has 1 N–H and O–H groups in total. The normalized spacial score (nSPS) is 17.8. The maximum absolute atomic E-state index is 5.75. The van der Waals surface area contributed by atoms with Crippen molar-refractivity contribution >= 4 is 0 Å². The lowest BCUT2D eigenvalue weighted by Crippen LogP contribution is -2.38. The van der Waals surface area contributed by atoms with E-state index in [0.717, 1.165) is 19.6 Å². The molecule has 0 amide bonds. The number of benzene rings is 1. The topological polar surface area (TPSA) is 30.5 Å². The second-order valence-corrected chi connectivity index (χ2v) is 4.43. The summed E-state index contributed by atoms with van der Waals surface area (Å²) in [6.45, 7) is 4.36. The number of nitrogens with one attached hydrogen (secondary N) is 1. The molecule has 0 saturated carbocycles. The molecule has 1 atom stereocenters. The van der Waals surface area contributed by atoms with E-state index >= 15 is 0 Å². The summed E-state index contributed by atoms with van der Waals surface area (Å²) in [6.07, 6.45) is 1.38. The Balaban J connectivity index is 1.90. The summed E-state index contributed by atoms with van der Waals surface area (Å²) in [6, 6.07) is 9.00. The predicted octanol–water partition coefficient (Wildman–Crippen LogP) is 1.92. The van der Waals surface area contributed by atoms with Gasteiger partial charge in [0.25, 0.3) is 0 Å². The molecule has 1 unspecified atom stereocenters. The average molecular weight is 235 g/mol. The van der Waals surface area contributed by atoms with Crippen molar-refractivity contribution in [1.82, 2.24) is 5.32 Å². The van der Waals surface area contributed by atoms with E-state index in [-0.39, 0.29) is 6.04 Å². The van der Waals surface area contributed by atoms with Crippen molar-refractivity contribution in [3.05, 3.63) is 35.4 Å². The van der Waals surface area contributed by atoms with Gasteiger partial charge in [-0.1, -0.05) is 31.2 Å². The van der Waals surface area contributed by atoms with E-state index < -0.39 is 0 Å². The van der Waals surface area contributed by atoms with Crippen LogP contribution in [0, 0.1) is 0 Å². The standard InChI is InChI=1S/C14H21NO2/c1-3-11-4-6-12(7-5-11)14(15-2)10-17-13-8-16-9-13/h4-7,13-15H,3,8-10H2,1-2H3. The maximum atomic E-state index is 5.75. The average Bonchev–Trinajstić information content (AvgIpc) is 2.33. The summed E-state index contributed by atoms with van der Waals surface area (Å²) in [5.74, 6) is 0. The first-order valence-electron chi connectivity index (χ1n) is 6.29. The second-order valence-electron chi connectivity index (χ2n) is 4.43. The van der Waals surface area contributed by atoms with E-state index in [0.29, 0.717) is 12.7 Å². The molecule has 0 aliphatic carbocycles. The molecule has 0 radical (unpaired) electrons. The van der Waals surface area contributed by atoms with E-state index in [9.17, 15) is 0 Å². The van der Waals surface area contributed by atoms with Crippen molar-refractivity contribution < 1.29 is 9.47 Å². The summed E-state index contributed by atoms with van der Waals surface area (Å²) in [5, 5.41) is 3.29. The molecule has 2 rings (SSSR count). The Hall–Kier alpha value is -0.900. The zero-order chi connectivity index (χ0) is 12.1. The molecule has 1 aromatic rings. The Morgan fingerprint density at radius 1 is 1.35 bits per heavy atom. The third kappa shape index (κ3) is 3.28. The highest BCUT2D eigenvalue weighted by atomic mass is 16.6. The highest BCUT2D eigenvalue weighted by molar-refractivity contribution is 5.25. The summed E-state index contributed by atoms with van der Waals surface area (Å²) in [5.41, 5.74) is 2.65. The Morgan fingerprint density at radius 2 is 2.06 bits per heavy atom. The van der Waals surface area contributed by atoms with Gasteiger partial charge in [-0.05, 0) is 24.6 Å². The third-order valence-corrected chi connectivity index (χ3v) is 3.24. The van der Waals surface area contributed by atoms with E-state index in [1.165, 1.54) is 11.1 Å². The summed E-state index contributed by atoms with van der Waals surface area (Å²) < 4.78 is 10.8. The molecule has 0 aromatic heterocycles. The lowest BCUT2D eigenvalue weighted by atomic mass is 10.0. The fourth-order valence-electron chi connectivity index (χ4n) is 1.87. The molecule has 0 bridgehead atoms. The summed E-state index contributed by atoms with van der Waals surface area (Å²) in [4.78, 5) is 0. The molecule has 1 aliphatic heterocycles. The quantitative estimate of drug-likeness (QED) is 0.817. The number of likely N-dealkylation sites (N-methyl/N-ethyl adjacent to an activating group) is 1. The fraction of sp³-hybridized carbons (Fsp3) is 0.571. The first kappa shape index (κ1) is 12.6. The van der Waals surface area contributed by atoms with Crippen LogP contribution in [-0.4, -0.2) is 33.0 Å². The largest absolute Gasteiger partial charge is 0.376 e. The number of hydrogen-bond acceptors (Lipinski definition) is 3. The van der Waals surface area contributed by atoms with E-state index in [4.69, 9.17) is 9.47 Å². The van der Waals surface area contributed by atoms with Crippen molar-refractivity contribution in [2.24, 2.45) is 0 Å². The van der Waals surface area contributed by atoms with E-state index in [2.05, 4.69) is 36.5 Å². The number of ether oxygens (including phenoxy) is 2. The summed E-state index contributed by atoms with van der Waals surface area (Å²) in [7, 11) is 1.97. The van der Waals surface area contributed by atoms with Gasteiger partial charge in [0.1, 0.15) is 6.10 Å². The van der Waals surface area contributed by atoms with Crippen LogP contribution in [0.4, 0.5) is 0 Å². The van der Waals surface area contributed by atoms with E-state index in [1.807, 2.05) is 7.05 Å². The van der Waals surface area contributed by atoms with Crippen LogP contribution in [0.3, 0.4) is 0 Å². The Morgan fingerprint density at radius 3 is 2.53 bits per heavy atom. The molecule has 3 heteroatoms. The van der Waals surface area contributed by atoms with Gasteiger partial charge in [-0.25, -0.2) is 0 Å². The van der Waals surface area contributed by atoms with Gasteiger partial charge in [0.15, 0.2) is 0 Å². The first-order chi connectivity index (χ1) is 8.33. The molecule has 1 aliphatic rings. The number of aryl methyl sites for hydroxylation is 1. The molecule has 94 valence electrons. The van der Waals surface area contributed by atoms with Crippen molar-refractivity contribution in [2.45, 2.75) is 25.5 Å². The van der Waals surface area contributed by atoms with Crippen LogP contribution < -0.4 is 5.32 Å². The number of hydrogen-bond donors (Lipinski definition) is 1. The van der Waals surface area contributed by atoms with Crippen LogP contribution in [0.25, 0.3) is 0 Å². The highest BCUT2D eigenvalue weighted by Gasteiger charge is 2.20. The molecular weight excluding hydrogens is 214 g/mol. The zero-order valence-electron chi connectivity index (χ0n) is 10.6. The van der Waals surface area contributed by atoms with Crippen molar-refractivity contribution in [2.75, 3.05) is 26.9 Å². The molecule has 1 fully saturated rings. The van der Waals surface area contributed by atoms with Crippen molar-refractivity contribution in [1.29, 1.82) is 0 Å². The minimum absolute atomic E-state index is 0.265. The van der Waals surface area contributed by atoms with Gasteiger partial charge in [-0.15, -0.1) is 0 Å². The predicted molar refractivity (Wildman–Crippen MR) is 68.2 cm³/mol. The second kappa shape index (κ2) is 6.15. The Labute approximate surface area is 103 Å². The lowest BCUT2D eigenvalue weighted by Gasteiger charge is -2.28. The van der Waals surface area contributed by atoms with Gasteiger partial charge in [0.2, 0.25) is 0 Å². The van der Waals surface area contributed by atoms with Crippen molar-refractivity contribution in [3.8, 4) is 0 Å². The highest BCUT2D eigenvalue weighted by Crippen LogP contribution is 2.16.